The van der Waals surface area contributed by atoms with Crippen molar-refractivity contribution in [2.45, 2.75) is 26.2 Å². The van der Waals surface area contributed by atoms with Crippen LogP contribution in [0.1, 0.15) is 26.2 Å². The molecule has 0 aliphatic heterocycles. The van der Waals surface area contributed by atoms with Gasteiger partial charge < -0.3 is 4.79 Å². The first-order valence-electron chi connectivity index (χ1n) is 2.35. The normalized spacial score (nSPS) is 6.12. The zero-order valence-electron chi connectivity index (χ0n) is 4.96. The number of carbonyl (C=O) groups excluding carboxylic acids is 1. The molecule has 0 amide bonds. The van der Waals surface area contributed by atoms with Gasteiger partial charge in [-0.25, -0.2) is 0 Å². The largest absolute Gasteiger partial charge is 0.303 e. The first kappa shape index (κ1) is 16.0. The Bertz CT molecular complexity index is 41.4. The van der Waals surface area contributed by atoms with E-state index in [4.69, 9.17) is 0 Å². The van der Waals surface area contributed by atoms with E-state index in [1.165, 1.54) is 0 Å². The van der Waals surface area contributed by atoms with Crippen LogP contribution in [0.3, 0.4) is 0 Å². The molecule has 0 aromatic carbocycles. The third-order valence-corrected chi connectivity index (χ3v) is 0.676. The number of hydrogen-bond donors (Lipinski definition) is 0. The summed E-state index contributed by atoms with van der Waals surface area (Å²) in [6, 6.07) is 0. The van der Waals surface area contributed by atoms with Crippen LogP contribution in [0, 0.1) is 0 Å². The van der Waals surface area contributed by atoms with Gasteiger partial charge in [-0.15, -0.1) is 0 Å². The van der Waals surface area contributed by atoms with Gasteiger partial charge in [0.15, 0.2) is 0 Å². The Labute approximate surface area is 80.4 Å². The van der Waals surface area contributed by atoms with Gasteiger partial charge >= 0.3 is 0 Å². The SMILES string of the molecule is CCCCC=O.[Ta].[W]. The molecule has 0 N–H and O–H groups in total. The fourth-order valence-corrected chi connectivity index (χ4v) is 0.287. The molecule has 0 aromatic rings. The van der Waals surface area contributed by atoms with E-state index in [2.05, 4.69) is 6.92 Å². The molecule has 0 atom stereocenters. The van der Waals surface area contributed by atoms with Gasteiger partial charge in [-0.1, -0.05) is 13.3 Å². The predicted molar refractivity (Wildman–Crippen MR) is 25.6 cm³/mol. The van der Waals surface area contributed by atoms with Crippen molar-refractivity contribution in [1.82, 2.24) is 0 Å². The van der Waals surface area contributed by atoms with E-state index in [0.717, 1.165) is 25.5 Å². The average Bonchev–Trinajstić information content (AvgIpc) is 1.61. The molecular formula is C5H10OTaW. The van der Waals surface area contributed by atoms with Crippen LogP contribution < -0.4 is 0 Å². The molecule has 0 heterocycles. The fraction of sp³-hybridized carbons (Fsp3) is 0.800. The Hall–Kier alpha value is 1.10. The minimum absolute atomic E-state index is 0. The zero-order valence-corrected chi connectivity index (χ0v) is 11.1. The number of carbonyl (C=O) groups is 1. The number of rotatable bonds is 3. The molecule has 8 heavy (non-hydrogen) atoms. The van der Waals surface area contributed by atoms with E-state index in [9.17, 15) is 4.79 Å². The van der Waals surface area contributed by atoms with Crippen LogP contribution in [0.2, 0.25) is 0 Å². The Morgan fingerprint density at radius 2 is 2.00 bits per heavy atom. The summed E-state index contributed by atoms with van der Waals surface area (Å²) in [6.45, 7) is 2.07. The molecule has 0 saturated heterocycles. The van der Waals surface area contributed by atoms with E-state index in [1.54, 1.807) is 0 Å². The number of hydrogen-bond acceptors (Lipinski definition) is 1. The van der Waals surface area contributed by atoms with Gasteiger partial charge in [-0.3, -0.25) is 0 Å². The molecule has 0 bridgehead atoms. The molecule has 47 valence electrons. The van der Waals surface area contributed by atoms with Crippen molar-refractivity contribution in [2.24, 2.45) is 0 Å². The van der Waals surface area contributed by atoms with Gasteiger partial charge in [0.1, 0.15) is 6.29 Å². The summed E-state index contributed by atoms with van der Waals surface area (Å²) in [5.74, 6) is 0. The Morgan fingerprint density at radius 1 is 1.50 bits per heavy atom. The maximum atomic E-state index is 9.56. The van der Waals surface area contributed by atoms with Gasteiger partial charge in [0.2, 0.25) is 0 Å². The van der Waals surface area contributed by atoms with Crippen molar-refractivity contribution in [3.8, 4) is 0 Å². The van der Waals surface area contributed by atoms with Crippen LogP contribution in [-0.2, 0) is 48.2 Å². The molecule has 0 fully saturated rings. The molecule has 1 nitrogen and oxygen atoms in total. The van der Waals surface area contributed by atoms with E-state index >= 15 is 0 Å². The van der Waals surface area contributed by atoms with Crippen molar-refractivity contribution < 1.29 is 48.2 Å². The Kier molecular flexibility index (Phi) is 31.5. The van der Waals surface area contributed by atoms with Gasteiger partial charge in [0, 0.05) is 49.9 Å². The topological polar surface area (TPSA) is 17.1 Å². The monoisotopic (exact) mass is 451 g/mol. The van der Waals surface area contributed by atoms with Gasteiger partial charge in [-0.05, 0) is 6.42 Å². The fourth-order valence-electron chi connectivity index (χ4n) is 0.287. The van der Waals surface area contributed by atoms with E-state index in [0.29, 0.717) is 0 Å². The maximum absolute atomic E-state index is 9.56. The first-order chi connectivity index (χ1) is 2.91. The Morgan fingerprint density at radius 3 is 2.12 bits per heavy atom. The molecule has 0 spiro atoms. The summed E-state index contributed by atoms with van der Waals surface area (Å²) in [7, 11) is 0. The molecular weight excluding hydrogens is 441 g/mol. The molecule has 0 unspecified atom stereocenters. The second-order valence-electron chi connectivity index (χ2n) is 1.31. The van der Waals surface area contributed by atoms with Crippen molar-refractivity contribution in [2.75, 3.05) is 0 Å². The van der Waals surface area contributed by atoms with Crippen LogP contribution in [0.15, 0.2) is 0 Å². The summed E-state index contributed by atoms with van der Waals surface area (Å²) in [4.78, 5) is 9.56. The maximum Gasteiger partial charge on any atom is 0.119 e. The van der Waals surface area contributed by atoms with Crippen LogP contribution in [0.25, 0.3) is 0 Å². The first-order valence-corrected chi connectivity index (χ1v) is 2.35. The van der Waals surface area contributed by atoms with Gasteiger partial charge in [0.05, 0.1) is 0 Å². The summed E-state index contributed by atoms with van der Waals surface area (Å²) < 4.78 is 0. The molecule has 0 saturated carbocycles. The van der Waals surface area contributed by atoms with Gasteiger partial charge in [-0.2, -0.15) is 0 Å². The van der Waals surface area contributed by atoms with Crippen molar-refractivity contribution in [3.63, 3.8) is 0 Å². The number of aldehydes is 1. The van der Waals surface area contributed by atoms with Crippen molar-refractivity contribution in [1.29, 1.82) is 0 Å². The van der Waals surface area contributed by atoms with Crippen LogP contribution in [-0.4, -0.2) is 6.29 Å². The molecule has 3 heteroatoms. The predicted octanol–water partition coefficient (Wildman–Crippen LogP) is 1.37. The van der Waals surface area contributed by atoms with E-state index < -0.39 is 0 Å². The van der Waals surface area contributed by atoms with Crippen LogP contribution in [0.5, 0.6) is 0 Å². The van der Waals surface area contributed by atoms with Crippen LogP contribution >= 0.6 is 0 Å². The molecule has 0 aliphatic carbocycles. The summed E-state index contributed by atoms with van der Waals surface area (Å²) >= 11 is 0. The summed E-state index contributed by atoms with van der Waals surface area (Å²) in [5.41, 5.74) is 0. The molecule has 0 aliphatic rings. The third-order valence-electron chi connectivity index (χ3n) is 0.676. The Balaban J connectivity index is -0.000000125. The van der Waals surface area contributed by atoms with Gasteiger partial charge in [0.25, 0.3) is 0 Å². The smallest absolute Gasteiger partial charge is 0.119 e. The summed E-state index contributed by atoms with van der Waals surface area (Å²) in [6.07, 6.45) is 3.86. The average molecular weight is 451 g/mol. The standard InChI is InChI=1S/C5H10O.Ta.W/c1-2-3-4-5-6;;/h5H,2-4H2,1H3;;. The molecule has 0 aromatic heterocycles. The quantitative estimate of drug-likeness (QED) is 0.469. The second-order valence-corrected chi connectivity index (χ2v) is 1.31. The minimum Gasteiger partial charge on any atom is -0.303 e. The van der Waals surface area contributed by atoms with E-state index in [-0.39, 0.29) is 43.4 Å². The van der Waals surface area contributed by atoms with Crippen molar-refractivity contribution in [3.05, 3.63) is 0 Å². The second kappa shape index (κ2) is 15.7. The molecule has 0 rings (SSSR count). The van der Waals surface area contributed by atoms with E-state index in [1.807, 2.05) is 0 Å². The third kappa shape index (κ3) is 15.7. The molecule has 1 radical (unpaired) electrons. The zero-order chi connectivity index (χ0) is 4.83. The van der Waals surface area contributed by atoms with Crippen molar-refractivity contribution >= 4 is 6.29 Å². The van der Waals surface area contributed by atoms with Crippen LogP contribution in [0.4, 0.5) is 0 Å². The minimum atomic E-state index is 0. The summed E-state index contributed by atoms with van der Waals surface area (Å²) in [5, 5.41) is 0. The number of unbranched alkanes of at least 4 members (excludes halogenated alkanes) is 2.